The van der Waals surface area contributed by atoms with Crippen LogP contribution < -0.4 is 14.2 Å². The molecule has 0 spiro atoms. The Labute approximate surface area is 84.5 Å². The predicted molar refractivity (Wildman–Crippen MR) is 53.9 cm³/mol. The molecule has 5 nitrogen and oxygen atoms in total. The first kappa shape index (κ1) is 10.8. The zero-order valence-electron chi connectivity index (χ0n) is 7.81. The van der Waals surface area contributed by atoms with Gasteiger partial charge in [-0.1, -0.05) is 0 Å². The summed E-state index contributed by atoms with van der Waals surface area (Å²) in [6, 6.07) is 4.86. The number of ether oxygens (including phenoxy) is 2. The van der Waals surface area contributed by atoms with E-state index in [-0.39, 0.29) is 0 Å². The van der Waals surface area contributed by atoms with E-state index >= 15 is 0 Å². The van der Waals surface area contributed by atoms with E-state index in [0.29, 0.717) is 17.2 Å². The Balaban J connectivity index is 2.98. The normalized spacial score (nSPS) is 11.9. The molecule has 0 heterocycles. The summed E-state index contributed by atoms with van der Waals surface area (Å²) in [6.45, 7) is 0. The number of anilines is 1. The quantitative estimate of drug-likeness (QED) is 0.745. The van der Waals surface area contributed by atoms with Crippen LogP contribution in [0.3, 0.4) is 0 Å². The molecule has 1 aromatic rings. The number of hydrogen-bond donors (Lipinski definition) is 2. The Kier molecular flexibility index (Phi) is 3.73. The van der Waals surface area contributed by atoms with E-state index in [4.69, 9.17) is 14.0 Å². The van der Waals surface area contributed by atoms with Gasteiger partial charge >= 0.3 is 0 Å². The first-order valence-electron chi connectivity index (χ1n) is 3.76. The minimum atomic E-state index is -2.10. The van der Waals surface area contributed by atoms with Gasteiger partial charge in [0.2, 0.25) is 0 Å². The molecule has 0 aliphatic rings. The molecule has 0 bridgehead atoms. The summed E-state index contributed by atoms with van der Waals surface area (Å²) in [5, 5.41) is 0. The van der Waals surface area contributed by atoms with Crippen molar-refractivity contribution < 1.29 is 18.2 Å². The maximum atomic E-state index is 10.5. The van der Waals surface area contributed by atoms with Crippen LogP contribution in [-0.2, 0) is 11.3 Å². The van der Waals surface area contributed by atoms with E-state index in [1.165, 1.54) is 14.2 Å². The highest BCUT2D eigenvalue weighted by atomic mass is 32.2. The van der Waals surface area contributed by atoms with Gasteiger partial charge < -0.3 is 9.47 Å². The van der Waals surface area contributed by atoms with E-state index < -0.39 is 11.3 Å². The maximum Gasteiger partial charge on any atom is 0.259 e. The van der Waals surface area contributed by atoms with Crippen molar-refractivity contribution in [3.8, 4) is 11.5 Å². The molecule has 0 aliphatic heterocycles. The van der Waals surface area contributed by atoms with Gasteiger partial charge in [0.1, 0.15) is 11.5 Å². The van der Waals surface area contributed by atoms with E-state index in [2.05, 4.69) is 4.72 Å². The molecule has 6 heteroatoms. The van der Waals surface area contributed by atoms with Gasteiger partial charge in [-0.2, -0.15) is 0 Å². The summed E-state index contributed by atoms with van der Waals surface area (Å²) in [6.07, 6.45) is 0. The van der Waals surface area contributed by atoms with Gasteiger partial charge in [0.05, 0.1) is 19.9 Å². The molecule has 0 aromatic heterocycles. The monoisotopic (exact) mass is 217 g/mol. The molecular formula is C8H11NO4S. The smallest absolute Gasteiger partial charge is 0.259 e. The third kappa shape index (κ3) is 2.90. The molecule has 1 unspecified atom stereocenters. The topological polar surface area (TPSA) is 67.8 Å². The van der Waals surface area contributed by atoms with Crippen molar-refractivity contribution in [2.24, 2.45) is 0 Å². The van der Waals surface area contributed by atoms with Crippen molar-refractivity contribution in [1.82, 2.24) is 0 Å². The fraction of sp³-hybridized carbons (Fsp3) is 0.250. The minimum absolute atomic E-state index is 0.460. The second-order valence-electron chi connectivity index (χ2n) is 2.45. The van der Waals surface area contributed by atoms with Crippen LogP contribution in [0.2, 0.25) is 0 Å². The van der Waals surface area contributed by atoms with Gasteiger partial charge in [-0.3, -0.25) is 9.27 Å². The summed E-state index contributed by atoms with van der Waals surface area (Å²) in [4.78, 5) is 0. The van der Waals surface area contributed by atoms with Crippen LogP contribution in [0.5, 0.6) is 11.5 Å². The Morgan fingerprint density at radius 1 is 1.21 bits per heavy atom. The first-order chi connectivity index (χ1) is 6.65. The van der Waals surface area contributed by atoms with E-state index in [1.54, 1.807) is 18.2 Å². The van der Waals surface area contributed by atoms with Gasteiger partial charge in [0, 0.05) is 18.2 Å². The van der Waals surface area contributed by atoms with Crippen molar-refractivity contribution in [2.75, 3.05) is 18.9 Å². The van der Waals surface area contributed by atoms with Crippen molar-refractivity contribution in [3.05, 3.63) is 18.2 Å². The van der Waals surface area contributed by atoms with Gasteiger partial charge in [-0.05, 0) is 0 Å². The van der Waals surface area contributed by atoms with E-state index in [9.17, 15) is 4.21 Å². The third-order valence-electron chi connectivity index (χ3n) is 1.56. The maximum absolute atomic E-state index is 10.5. The molecule has 1 atom stereocenters. The number of benzene rings is 1. The molecule has 0 saturated carbocycles. The number of hydrogen-bond acceptors (Lipinski definition) is 3. The molecule has 78 valence electrons. The largest absolute Gasteiger partial charge is 0.497 e. The lowest BCUT2D eigenvalue weighted by molar-refractivity contribution is 0.395. The van der Waals surface area contributed by atoms with Crippen molar-refractivity contribution in [1.29, 1.82) is 0 Å². The third-order valence-corrected chi connectivity index (χ3v) is 1.97. The summed E-state index contributed by atoms with van der Waals surface area (Å²) in [5.74, 6) is 1.11. The molecule has 0 aliphatic carbocycles. The Morgan fingerprint density at radius 2 is 1.71 bits per heavy atom. The highest BCUT2D eigenvalue weighted by Gasteiger charge is 2.02. The van der Waals surface area contributed by atoms with Crippen molar-refractivity contribution >= 4 is 17.0 Å². The lowest BCUT2D eigenvalue weighted by Crippen LogP contribution is -2.02. The van der Waals surface area contributed by atoms with Crippen LogP contribution in [-0.4, -0.2) is 23.0 Å². The van der Waals surface area contributed by atoms with Crippen LogP contribution in [0.1, 0.15) is 0 Å². The predicted octanol–water partition coefficient (Wildman–Crippen LogP) is 1.25. The standard InChI is InChI=1S/C8H11NO4S/c1-12-7-3-6(9-14(10)11)4-8(5-7)13-2/h3-5,9H,1-2H3,(H,10,11). The highest BCUT2D eigenvalue weighted by Crippen LogP contribution is 2.25. The molecule has 0 saturated heterocycles. The van der Waals surface area contributed by atoms with Crippen molar-refractivity contribution in [2.45, 2.75) is 0 Å². The van der Waals surface area contributed by atoms with Crippen molar-refractivity contribution in [3.63, 3.8) is 0 Å². The van der Waals surface area contributed by atoms with Crippen LogP contribution >= 0.6 is 0 Å². The first-order valence-corrected chi connectivity index (χ1v) is 4.87. The lowest BCUT2D eigenvalue weighted by Gasteiger charge is -2.07. The molecule has 1 aromatic carbocycles. The SMILES string of the molecule is COc1cc(NS(=O)O)cc(OC)c1. The lowest BCUT2D eigenvalue weighted by atomic mass is 10.3. The van der Waals surface area contributed by atoms with Crippen LogP contribution in [0.25, 0.3) is 0 Å². The molecular weight excluding hydrogens is 206 g/mol. The number of rotatable bonds is 4. The summed E-state index contributed by atoms with van der Waals surface area (Å²) in [7, 11) is 3.02. The fourth-order valence-electron chi connectivity index (χ4n) is 0.967. The van der Waals surface area contributed by atoms with Gasteiger partial charge in [-0.15, -0.1) is 0 Å². The zero-order chi connectivity index (χ0) is 10.6. The summed E-state index contributed by atoms with van der Waals surface area (Å²) >= 11 is -2.10. The van der Waals surface area contributed by atoms with E-state index in [0.717, 1.165) is 0 Å². The number of methoxy groups -OCH3 is 2. The zero-order valence-corrected chi connectivity index (χ0v) is 8.63. The number of nitrogens with one attached hydrogen (secondary N) is 1. The molecule has 2 N–H and O–H groups in total. The second-order valence-corrected chi connectivity index (χ2v) is 3.15. The van der Waals surface area contributed by atoms with Crippen LogP contribution in [0.15, 0.2) is 18.2 Å². The Bertz CT molecular complexity index is 320. The van der Waals surface area contributed by atoms with Gasteiger partial charge in [0.15, 0.2) is 0 Å². The molecule has 0 radical (unpaired) electrons. The van der Waals surface area contributed by atoms with Gasteiger partial charge in [-0.25, -0.2) is 4.21 Å². The van der Waals surface area contributed by atoms with E-state index in [1.807, 2.05) is 0 Å². The minimum Gasteiger partial charge on any atom is -0.497 e. The molecule has 14 heavy (non-hydrogen) atoms. The van der Waals surface area contributed by atoms with Gasteiger partial charge in [0.25, 0.3) is 11.3 Å². The average molecular weight is 217 g/mol. The second kappa shape index (κ2) is 4.83. The molecule has 0 amide bonds. The van der Waals surface area contributed by atoms with Crippen LogP contribution in [0, 0.1) is 0 Å². The summed E-state index contributed by atoms with van der Waals surface area (Å²) in [5.41, 5.74) is 0.460. The molecule has 0 fully saturated rings. The average Bonchev–Trinajstić information content (AvgIpc) is 2.16. The highest BCUT2D eigenvalue weighted by molar-refractivity contribution is 7.80. The Morgan fingerprint density at radius 3 is 2.07 bits per heavy atom. The molecule has 1 rings (SSSR count). The summed E-state index contributed by atoms with van der Waals surface area (Å²) < 4.78 is 31.4. The fourth-order valence-corrected chi connectivity index (χ4v) is 1.29. The Hall–Kier alpha value is -1.27. The van der Waals surface area contributed by atoms with Crippen LogP contribution in [0.4, 0.5) is 5.69 Å².